The van der Waals surface area contributed by atoms with E-state index in [2.05, 4.69) is 42.3 Å². The summed E-state index contributed by atoms with van der Waals surface area (Å²) < 4.78 is 3.97. The van der Waals surface area contributed by atoms with Crippen LogP contribution in [-0.4, -0.2) is 4.57 Å². The van der Waals surface area contributed by atoms with Gasteiger partial charge in [0.1, 0.15) is 18.1 Å². The Labute approximate surface area is 83.7 Å². The number of aromatic nitrogens is 2. The molecule has 0 radical (unpaired) electrons. The molecule has 0 aliphatic rings. The van der Waals surface area contributed by atoms with Crippen LogP contribution in [0.1, 0.15) is 5.56 Å². The SMILES string of the molecule is C=C[n+]1ccn(-c2ccc(C)cc2)c1. The molecule has 0 spiro atoms. The predicted molar refractivity (Wildman–Crippen MR) is 57.1 cm³/mol. The van der Waals surface area contributed by atoms with E-state index in [9.17, 15) is 0 Å². The van der Waals surface area contributed by atoms with Gasteiger partial charge in [0.15, 0.2) is 0 Å². The summed E-state index contributed by atoms with van der Waals surface area (Å²) in [4.78, 5) is 0. The number of aryl methyl sites for hydroxylation is 1. The summed E-state index contributed by atoms with van der Waals surface area (Å²) in [6.07, 6.45) is 7.72. The third kappa shape index (κ3) is 1.59. The van der Waals surface area contributed by atoms with E-state index in [-0.39, 0.29) is 0 Å². The van der Waals surface area contributed by atoms with E-state index in [0.717, 1.165) is 5.69 Å². The average Bonchev–Trinajstić information content (AvgIpc) is 2.67. The van der Waals surface area contributed by atoms with Gasteiger partial charge in [0, 0.05) is 0 Å². The Bertz CT molecular complexity index is 438. The Morgan fingerprint density at radius 2 is 2.00 bits per heavy atom. The molecule has 0 atom stereocenters. The molecule has 0 fully saturated rings. The van der Waals surface area contributed by atoms with Crippen molar-refractivity contribution in [2.75, 3.05) is 0 Å². The Kier molecular flexibility index (Phi) is 2.19. The molecule has 1 heterocycles. The number of hydrogen-bond donors (Lipinski definition) is 0. The molecule has 0 bridgehead atoms. The van der Waals surface area contributed by atoms with Crippen LogP contribution in [0.2, 0.25) is 0 Å². The van der Waals surface area contributed by atoms with Crippen LogP contribution in [0.3, 0.4) is 0 Å². The Morgan fingerprint density at radius 1 is 1.29 bits per heavy atom. The fraction of sp³-hybridized carbons (Fsp3) is 0.0833. The molecule has 0 N–H and O–H groups in total. The zero-order valence-electron chi connectivity index (χ0n) is 8.22. The highest BCUT2D eigenvalue weighted by Crippen LogP contribution is 2.07. The maximum absolute atomic E-state index is 3.70. The third-order valence-corrected chi connectivity index (χ3v) is 2.20. The van der Waals surface area contributed by atoms with Crippen molar-refractivity contribution >= 4 is 6.20 Å². The largest absolute Gasteiger partial charge is 0.253 e. The van der Waals surface area contributed by atoms with Gasteiger partial charge in [-0.15, -0.1) is 0 Å². The van der Waals surface area contributed by atoms with Crippen LogP contribution in [0.5, 0.6) is 0 Å². The molecule has 0 aliphatic carbocycles. The van der Waals surface area contributed by atoms with E-state index >= 15 is 0 Å². The lowest BCUT2D eigenvalue weighted by atomic mass is 10.2. The summed E-state index contributed by atoms with van der Waals surface area (Å²) in [7, 11) is 0. The highest BCUT2D eigenvalue weighted by molar-refractivity contribution is 5.33. The van der Waals surface area contributed by atoms with E-state index in [1.807, 2.05) is 23.3 Å². The Balaban J connectivity index is 2.39. The van der Waals surface area contributed by atoms with Gasteiger partial charge in [-0.05, 0) is 19.1 Å². The maximum atomic E-state index is 3.70. The van der Waals surface area contributed by atoms with Gasteiger partial charge in [0.2, 0.25) is 0 Å². The van der Waals surface area contributed by atoms with Crippen molar-refractivity contribution in [3.63, 3.8) is 0 Å². The van der Waals surface area contributed by atoms with Crippen LogP contribution in [-0.2, 0) is 0 Å². The van der Waals surface area contributed by atoms with Gasteiger partial charge in [0.05, 0.1) is 6.20 Å². The molecule has 1 aromatic carbocycles. The summed E-state index contributed by atoms with van der Waals surface area (Å²) in [6.45, 7) is 5.79. The van der Waals surface area contributed by atoms with Crippen LogP contribution < -0.4 is 4.57 Å². The monoisotopic (exact) mass is 185 g/mol. The molecule has 14 heavy (non-hydrogen) atoms. The van der Waals surface area contributed by atoms with E-state index in [4.69, 9.17) is 0 Å². The molecular weight excluding hydrogens is 172 g/mol. The third-order valence-electron chi connectivity index (χ3n) is 2.20. The summed E-state index contributed by atoms with van der Waals surface area (Å²) in [5, 5.41) is 0. The van der Waals surface area contributed by atoms with Gasteiger partial charge >= 0.3 is 0 Å². The first-order valence-corrected chi connectivity index (χ1v) is 4.58. The second kappa shape index (κ2) is 3.50. The van der Waals surface area contributed by atoms with E-state index < -0.39 is 0 Å². The summed E-state index contributed by atoms with van der Waals surface area (Å²) in [6, 6.07) is 8.41. The highest BCUT2D eigenvalue weighted by Gasteiger charge is 2.02. The van der Waals surface area contributed by atoms with Crippen LogP contribution in [0.15, 0.2) is 49.6 Å². The molecule has 0 unspecified atom stereocenters. The summed E-state index contributed by atoms with van der Waals surface area (Å²) >= 11 is 0. The lowest BCUT2D eigenvalue weighted by Gasteiger charge is -1.95. The van der Waals surface area contributed by atoms with E-state index in [1.54, 1.807) is 6.20 Å². The second-order valence-electron chi connectivity index (χ2n) is 3.29. The summed E-state index contributed by atoms with van der Waals surface area (Å²) in [5.41, 5.74) is 2.44. The van der Waals surface area contributed by atoms with Crippen LogP contribution in [0, 0.1) is 6.92 Å². The molecule has 2 heteroatoms. The average molecular weight is 185 g/mol. The molecule has 2 aromatic rings. The van der Waals surface area contributed by atoms with Gasteiger partial charge in [-0.3, -0.25) is 0 Å². The van der Waals surface area contributed by atoms with E-state index in [1.165, 1.54) is 5.56 Å². The first-order valence-electron chi connectivity index (χ1n) is 4.58. The first kappa shape index (κ1) is 8.75. The topological polar surface area (TPSA) is 8.81 Å². The lowest BCUT2D eigenvalue weighted by Crippen LogP contribution is -2.20. The fourth-order valence-electron chi connectivity index (χ4n) is 1.35. The van der Waals surface area contributed by atoms with E-state index in [0.29, 0.717) is 0 Å². The lowest BCUT2D eigenvalue weighted by molar-refractivity contribution is -0.566. The first-order chi connectivity index (χ1) is 6.79. The quantitative estimate of drug-likeness (QED) is 0.634. The zero-order chi connectivity index (χ0) is 9.97. The molecule has 1 aromatic heterocycles. The molecule has 0 aliphatic heterocycles. The minimum absolute atomic E-state index is 1.16. The number of imidazole rings is 1. The van der Waals surface area contributed by atoms with Crippen molar-refractivity contribution < 1.29 is 4.57 Å². The van der Waals surface area contributed by atoms with Crippen molar-refractivity contribution in [2.45, 2.75) is 6.92 Å². The van der Waals surface area contributed by atoms with Gasteiger partial charge < -0.3 is 0 Å². The van der Waals surface area contributed by atoms with Crippen molar-refractivity contribution in [3.05, 3.63) is 55.1 Å². The van der Waals surface area contributed by atoms with Crippen molar-refractivity contribution in [1.82, 2.24) is 4.57 Å². The molecule has 0 amide bonds. The Hall–Kier alpha value is -1.83. The number of nitrogens with zero attached hydrogens (tertiary/aromatic N) is 2. The normalized spacial score (nSPS) is 10.1. The molecule has 0 saturated heterocycles. The van der Waals surface area contributed by atoms with Gasteiger partial charge in [-0.1, -0.05) is 24.3 Å². The highest BCUT2D eigenvalue weighted by atomic mass is 15.1. The number of hydrogen-bond acceptors (Lipinski definition) is 0. The predicted octanol–water partition coefficient (Wildman–Crippen LogP) is 2.17. The smallest absolute Gasteiger partial charge is 0.209 e. The second-order valence-corrected chi connectivity index (χ2v) is 3.29. The Morgan fingerprint density at radius 3 is 2.57 bits per heavy atom. The van der Waals surface area contributed by atoms with Gasteiger partial charge in [-0.25, -0.2) is 9.13 Å². The standard InChI is InChI=1S/C12H13N2/c1-3-13-8-9-14(10-13)12-6-4-11(2)5-7-12/h3-10H,1H2,2H3/q+1. The van der Waals surface area contributed by atoms with Crippen molar-refractivity contribution in [3.8, 4) is 5.69 Å². The van der Waals surface area contributed by atoms with Crippen molar-refractivity contribution in [2.24, 2.45) is 0 Å². The van der Waals surface area contributed by atoms with Gasteiger partial charge in [0.25, 0.3) is 6.33 Å². The van der Waals surface area contributed by atoms with Gasteiger partial charge in [-0.2, -0.15) is 0 Å². The molecule has 70 valence electrons. The molecule has 0 saturated carbocycles. The van der Waals surface area contributed by atoms with Crippen molar-refractivity contribution in [1.29, 1.82) is 0 Å². The van der Waals surface area contributed by atoms with Crippen LogP contribution in [0.4, 0.5) is 0 Å². The minimum Gasteiger partial charge on any atom is -0.209 e. The summed E-state index contributed by atoms with van der Waals surface area (Å²) in [5.74, 6) is 0. The molecular formula is C12H13N2+. The van der Waals surface area contributed by atoms with Crippen LogP contribution in [0.25, 0.3) is 11.9 Å². The molecule has 2 nitrogen and oxygen atoms in total. The maximum Gasteiger partial charge on any atom is 0.253 e. The van der Waals surface area contributed by atoms with Crippen LogP contribution >= 0.6 is 0 Å². The minimum atomic E-state index is 1.16. The molecule has 2 rings (SSSR count). The number of rotatable bonds is 2. The number of benzene rings is 1. The fourth-order valence-corrected chi connectivity index (χ4v) is 1.35. The zero-order valence-corrected chi connectivity index (χ0v) is 8.22.